The first kappa shape index (κ1) is 13.5. The molecule has 1 aliphatic heterocycles. The second-order valence-corrected chi connectivity index (χ2v) is 4.25. The number of likely N-dealkylation sites (tertiary alicyclic amines) is 1. The summed E-state index contributed by atoms with van der Waals surface area (Å²) >= 11 is 0. The van der Waals surface area contributed by atoms with E-state index in [1.807, 2.05) is 6.92 Å². The summed E-state index contributed by atoms with van der Waals surface area (Å²) in [6.07, 6.45) is 4.13. The molecule has 0 radical (unpaired) electrons. The normalized spacial score (nSPS) is 23.5. The van der Waals surface area contributed by atoms with Gasteiger partial charge in [0, 0.05) is 13.1 Å². The van der Waals surface area contributed by atoms with E-state index >= 15 is 0 Å². The van der Waals surface area contributed by atoms with Gasteiger partial charge in [0.25, 0.3) is 0 Å². The van der Waals surface area contributed by atoms with E-state index in [1.54, 1.807) is 6.08 Å². The van der Waals surface area contributed by atoms with E-state index in [9.17, 15) is 14.7 Å². The molecular weight excluding hydrogens is 220 g/mol. The number of carboxylic acid groups (broad SMARTS) is 1. The molecule has 2 N–H and O–H groups in total. The number of hydrogen-bond donors (Lipinski definition) is 2. The van der Waals surface area contributed by atoms with Gasteiger partial charge in [-0.05, 0) is 25.7 Å². The predicted molar refractivity (Wildman–Crippen MR) is 64.8 cm³/mol. The Morgan fingerprint density at radius 3 is 2.82 bits per heavy atom. The van der Waals surface area contributed by atoms with Crippen molar-refractivity contribution >= 4 is 12.0 Å². The summed E-state index contributed by atoms with van der Waals surface area (Å²) in [6, 6.07) is -0.284. The van der Waals surface area contributed by atoms with E-state index in [-0.39, 0.29) is 6.03 Å². The summed E-state index contributed by atoms with van der Waals surface area (Å²) < 4.78 is 0. The number of rotatable bonds is 5. The Hall–Kier alpha value is -1.52. The second kappa shape index (κ2) is 5.70. The number of urea groups is 1. The number of carboxylic acids is 1. The Kier molecular flexibility index (Phi) is 4.54. The highest BCUT2D eigenvalue weighted by Crippen LogP contribution is 2.32. The number of carbonyl (C=O) groups is 2. The van der Waals surface area contributed by atoms with Gasteiger partial charge in [0.05, 0.1) is 0 Å². The van der Waals surface area contributed by atoms with Crippen LogP contribution in [0.1, 0.15) is 32.6 Å². The van der Waals surface area contributed by atoms with Gasteiger partial charge in [-0.15, -0.1) is 6.58 Å². The topological polar surface area (TPSA) is 69.6 Å². The number of nitrogens with zero attached hydrogens (tertiary/aromatic N) is 1. The molecule has 17 heavy (non-hydrogen) atoms. The van der Waals surface area contributed by atoms with Crippen molar-refractivity contribution in [2.24, 2.45) is 0 Å². The largest absolute Gasteiger partial charge is 0.479 e. The summed E-state index contributed by atoms with van der Waals surface area (Å²) in [4.78, 5) is 24.7. The molecule has 5 heteroatoms. The first-order valence-corrected chi connectivity index (χ1v) is 5.98. The highest BCUT2D eigenvalue weighted by atomic mass is 16.4. The minimum atomic E-state index is -1.02. The van der Waals surface area contributed by atoms with Crippen LogP contribution >= 0.6 is 0 Å². The lowest BCUT2D eigenvalue weighted by molar-refractivity contribution is -0.148. The van der Waals surface area contributed by atoms with Crippen molar-refractivity contribution in [2.45, 2.75) is 38.1 Å². The Balaban J connectivity index is 2.70. The Morgan fingerprint density at radius 2 is 2.29 bits per heavy atom. The molecule has 2 amide bonds. The number of aliphatic carboxylic acids is 1. The fourth-order valence-electron chi connectivity index (χ4n) is 2.29. The third-order valence-electron chi connectivity index (χ3n) is 3.34. The molecule has 0 aromatic heterocycles. The molecule has 1 saturated heterocycles. The van der Waals surface area contributed by atoms with E-state index in [2.05, 4.69) is 11.9 Å². The molecule has 5 nitrogen and oxygen atoms in total. The number of hydrogen-bond acceptors (Lipinski definition) is 2. The Bertz CT molecular complexity index is 317. The quantitative estimate of drug-likeness (QED) is 0.566. The van der Waals surface area contributed by atoms with E-state index in [0.717, 1.165) is 6.42 Å². The van der Waals surface area contributed by atoms with Crippen molar-refractivity contribution < 1.29 is 14.7 Å². The molecule has 1 unspecified atom stereocenters. The van der Waals surface area contributed by atoms with Gasteiger partial charge >= 0.3 is 12.0 Å². The van der Waals surface area contributed by atoms with Crippen LogP contribution in [0.5, 0.6) is 0 Å². The molecule has 1 atom stereocenters. The summed E-state index contributed by atoms with van der Waals surface area (Å²) in [6.45, 7) is 6.39. The molecule has 0 aliphatic carbocycles. The maximum Gasteiger partial charge on any atom is 0.329 e. The second-order valence-electron chi connectivity index (χ2n) is 4.25. The van der Waals surface area contributed by atoms with Crippen LogP contribution in [0, 0.1) is 0 Å². The van der Waals surface area contributed by atoms with Crippen LogP contribution < -0.4 is 5.32 Å². The smallest absolute Gasteiger partial charge is 0.329 e. The lowest BCUT2D eigenvalue weighted by Crippen LogP contribution is -2.55. The molecule has 1 aliphatic rings. The minimum absolute atomic E-state index is 0.284. The molecule has 0 saturated carbocycles. The average molecular weight is 240 g/mol. The van der Waals surface area contributed by atoms with Gasteiger partial charge in [0.2, 0.25) is 0 Å². The van der Waals surface area contributed by atoms with Gasteiger partial charge < -0.3 is 15.3 Å². The summed E-state index contributed by atoms with van der Waals surface area (Å²) in [5.74, 6) is -0.906. The van der Waals surface area contributed by atoms with Gasteiger partial charge in [0.15, 0.2) is 0 Å². The zero-order chi connectivity index (χ0) is 12.9. The molecule has 0 aromatic carbocycles. The van der Waals surface area contributed by atoms with Crippen LogP contribution in [0.2, 0.25) is 0 Å². The van der Waals surface area contributed by atoms with E-state index in [0.29, 0.717) is 32.4 Å². The van der Waals surface area contributed by atoms with Crippen LogP contribution in [0.3, 0.4) is 0 Å². The number of amides is 2. The maximum absolute atomic E-state index is 11.9. The summed E-state index contributed by atoms with van der Waals surface area (Å²) in [7, 11) is 0. The molecule has 0 bridgehead atoms. The highest BCUT2D eigenvalue weighted by molar-refractivity contribution is 5.87. The lowest BCUT2D eigenvalue weighted by atomic mass is 9.93. The molecule has 0 spiro atoms. The van der Waals surface area contributed by atoms with E-state index in [1.165, 1.54) is 4.90 Å². The third kappa shape index (κ3) is 2.60. The maximum atomic E-state index is 11.9. The van der Waals surface area contributed by atoms with Crippen molar-refractivity contribution in [3.05, 3.63) is 12.7 Å². The van der Waals surface area contributed by atoms with Crippen LogP contribution in [0.15, 0.2) is 12.7 Å². The number of carbonyl (C=O) groups excluding carboxylic acids is 1. The number of nitrogens with one attached hydrogen (secondary N) is 1. The molecule has 1 rings (SSSR count). The summed E-state index contributed by atoms with van der Waals surface area (Å²) in [5, 5.41) is 12.0. The monoisotopic (exact) mass is 240 g/mol. The predicted octanol–water partition coefficient (Wildman–Crippen LogP) is 1.60. The van der Waals surface area contributed by atoms with Gasteiger partial charge in [-0.3, -0.25) is 0 Å². The highest BCUT2D eigenvalue weighted by Gasteiger charge is 2.48. The summed E-state index contributed by atoms with van der Waals surface area (Å²) in [5.41, 5.74) is -1.02. The zero-order valence-electron chi connectivity index (χ0n) is 10.2. The van der Waals surface area contributed by atoms with Gasteiger partial charge in [-0.25, -0.2) is 9.59 Å². The van der Waals surface area contributed by atoms with Crippen LogP contribution in [0.25, 0.3) is 0 Å². The average Bonchev–Trinajstić information content (AvgIpc) is 2.74. The van der Waals surface area contributed by atoms with Crippen molar-refractivity contribution in [3.63, 3.8) is 0 Å². The van der Waals surface area contributed by atoms with Crippen molar-refractivity contribution in [2.75, 3.05) is 13.1 Å². The standard InChI is InChI=1S/C12H20N2O3/c1-3-5-8-13-11(17)14-9-6-7-12(14,4-2)10(15)16/h3H,1,4-9H2,2H3,(H,13,17)(H,15,16). The van der Waals surface area contributed by atoms with E-state index in [4.69, 9.17) is 0 Å². The Labute approximate surface area is 101 Å². The van der Waals surface area contributed by atoms with Gasteiger partial charge in [-0.2, -0.15) is 0 Å². The SMILES string of the molecule is C=CCCNC(=O)N1CCCC1(CC)C(=O)O. The van der Waals surface area contributed by atoms with Crippen LogP contribution in [0.4, 0.5) is 4.79 Å². The zero-order valence-corrected chi connectivity index (χ0v) is 10.2. The fourth-order valence-corrected chi connectivity index (χ4v) is 2.29. The van der Waals surface area contributed by atoms with E-state index < -0.39 is 11.5 Å². The first-order valence-electron chi connectivity index (χ1n) is 5.98. The first-order chi connectivity index (χ1) is 8.08. The molecule has 1 heterocycles. The van der Waals surface area contributed by atoms with Crippen molar-refractivity contribution in [1.82, 2.24) is 10.2 Å². The fraction of sp³-hybridized carbons (Fsp3) is 0.667. The van der Waals surface area contributed by atoms with Gasteiger partial charge in [0.1, 0.15) is 5.54 Å². The molecular formula is C12H20N2O3. The lowest BCUT2D eigenvalue weighted by Gasteiger charge is -2.33. The molecule has 1 fully saturated rings. The van der Waals surface area contributed by atoms with Crippen molar-refractivity contribution in [3.8, 4) is 0 Å². The Morgan fingerprint density at radius 1 is 1.59 bits per heavy atom. The van der Waals surface area contributed by atoms with Crippen molar-refractivity contribution in [1.29, 1.82) is 0 Å². The third-order valence-corrected chi connectivity index (χ3v) is 3.34. The van der Waals surface area contributed by atoms with Crippen LogP contribution in [-0.2, 0) is 4.79 Å². The minimum Gasteiger partial charge on any atom is -0.479 e. The van der Waals surface area contributed by atoms with Gasteiger partial charge in [-0.1, -0.05) is 13.0 Å². The molecule has 96 valence electrons. The molecule has 0 aromatic rings. The van der Waals surface area contributed by atoms with Crippen LogP contribution in [-0.4, -0.2) is 40.6 Å².